The van der Waals surface area contributed by atoms with Crippen molar-refractivity contribution in [2.45, 2.75) is 24.8 Å². The average Bonchev–Trinajstić information content (AvgIpc) is 3.03. The summed E-state index contributed by atoms with van der Waals surface area (Å²) in [4.78, 5) is 0.194. The maximum Gasteiger partial charge on any atom is 0.241 e. The molecular weight excluding hydrogens is 370 g/mol. The molecule has 26 heavy (non-hydrogen) atoms. The Balaban J connectivity index is 1.89. The van der Waals surface area contributed by atoms with Crippen LogP contribution in [0.15, 0.2) is 59.6 Å². The molecule has 0 aliphatic heterocycles. The fourth-order valence-electron chi connectivity index (χ4n) is 2.87. The van der Waals surface area contributed by atoms with Gasteiger partial charge >= 0.3 is 0 Å². The first-order valence-electron chi connectivity index (χ1n) is 8.15. The number of benzene rings is 2. The zero-order chi connectivity index (χ0) is 18.9. The lowest BCUT2D eigenvalue weighted by Gasteiger charge is -2.17. The van der Waals surface area contributed by atoms with Gasteiger partial charge in [0.05, 0.1) is 10.6 Å². The van der Waals surface area contributed by atoms with Crippen molar-refractivity contribution in [2.24, 2.45) is 7.05 Å². The van der Waals surface area contributed by atoms with E-state index in [1.807, 2.05) is 44.3 Å². The normalized spacial score (nSPS) is 12.9. The Hall–Kier alpha value is -2.15. The first-order chi connectivity index (χ1) is 12.3. The van der Waals surface area contributed by atoms with Crippen LogP contribution in [0.2, 0.25) is 5.02 Å². The molecule has 0 fully saturated rings. The monoisotopic (exact) mass is 389 g/mol. The van der Waals surface area contributed by atoms with E-state index in [2.05, 4.69) is 9.82 Å². The molecule has 5 nitrogen and oxygen atoms in total. The molecule has 0 saturated heterocycles. The molecular formula is C19H20ClN3O2S. The predicted molar refractivity (Wildman–Crippen MR) is 104 cm³/mol. The lowest BCUT2D eigenvalue weighted by molar-refractivity contribution is 0.566. The van der Waals surface area contributed by atoms with Crippen molar-refractivity contribution >= 4 is 21.6 Å². The van der Waals surface area contributed by atoms with Gasteiger partial charge in [-0.3, -0.25) is 4.68 Å². The van der Waals surface area contributed by atoms with Crippen LogP contribution in [0.5, 0.6) is 0 Å². The number of nitrogens with one attached hydrogen (secondary N) is 1. The van der Waals surface area contributed by atoms with Gasteiger partial charge in [-0.15, -0.1) is 0 Å². The summed E-state index contributed by atoms with van der Waals surface area (Å²) in [7, 11) is -1.82. The Morgan fingerprint density at radius 1 is 1.15 bits per heavy atom. The van der Waals surface area contributed by atoms with Crippen molar-refractivity contribution in [2.75, 3.05) is 0 Å². The highest BCUT2D eigenvalue weighted by atomic mass is 35.5. The second-order valence-electron chi connectivity index (χ2n) is 6.17. The van der Waals surface area contributed by atoms with Gasteiger partial charge in [0.25, 0.3) is 0 Å². The third kappa shape index (κ3) is 3.67. The van der Waals surface area contributed by atoms with Gasteiger partial charge in [-0.1, -0.05) is 35.9 Å². The lowest BCUT2D eigenvalue weighted by atomic mass is 10.0. The van der Waals surface area contributed by atoms with Gasteiger partial charge in [0.1, 0.15) is 0 Å². The van der Waals surface area contributed by atoms with Crippen molar-refractivity contribution in [3.05, 3.63) is 70.9 Å². The molecule has 0 amide bonds. The molecule has 2 aromatic carbocycles. The SMILES string of the molecule is Cc1c(Cl)cccc1S(=O)(=O)NC(C)c1cccc(-c2ccnn2C)c1. The smallest absolute Gasteiger partial charge is 0.241 e. The molecule has 136 valence electrons. The highest BCUT2D eigenvalue weighted by Crippen LogP contribution is 2.26. The molecule has 1 N–H and O–H groups in total. The Morgan fingerprint density at radius 3 is 2.58 bits per heavy atom. The van der Waals surface area contributed by atoms with Gasteiger partial charge in [-0.2, -0.15) is 5.10 Å². The second kappa shape index (κ2) is 7.23. The highest BCUT2D eigenvalue weighted by Gasteiger charge is 2.21. The Bertz CT molecular complexity index is 1040. The van der Waals surface area contributed by atoms with Gasteiger partial charge in [0.15, 0.2) is 0 Å². The average molecular weight is 390 g/mol. The van der Waals surface area contributed by atoms with Crippen LogP contribution in [0.25, 0.3) is 11.3 Å². The van der Waals surface area contributed by atoms with E-state index in [4.69, 9.17) is 11.6 Å². The van der Waals surface area contributed by atoms with Crippen molar-refractivity contribution in [1.29, 1.82) is 0 Å². The van der Waals surface area contributed by atoms with E-state index in [1.165, 1.54) is 0 Å². The summed E-state index contributed by atoms with van der Waals surface area (Å²) >= 11 is 6.07. The van der Waals surface area contributed by atoms with Crippen LogP contribution < -0.4 is 4.72 Å². The van der Waals surface area contributed by atoms with E-state index in [1.54, 1.807) is 36.0 Å². The number of sulfonamides is 1. The minimum absolute atomic E-state index is 0.194. The second-order valence-corrected chi connectivity index (χ2v) is 8.26. The molecule has 1 aromatic heterocycles. The number of halogens is 1. The minimum Gasteiger partial charge on any atom is -0.268 e. The number of nitrogens with zero attached hydrogens (tertiary/aromatic N) is 2. The van der Waals surface area contributed by atoms with Gasteiger partial charge < -0.3 is 0 Å². The number of hydrogen-bond donors (Lipinski definition) is 1. The molecule has 0 aliphatic carbocycles. The fraction of sp³-hybridized carbons (Fsp3) is 0.211. The quantitative estimate of drug-likeness (QED) is 0.714. The van der Waals surface area contributed by atoms with Crippen LogP contribution in [0.1, 0.15) is 24.1 Å². The van der Waals surface area contributed by atoms with Crippen molar-refractivity contribution < 1.29 is 8.42 Å². The van der Waals surface area contributed by atoms with E-state index >= 15 is 0 Å². The third-order valence-electron chi connectivity index (χ3n) is 4.34. The van der Waals surface area contributed by atoms with Crippen LogP contribution in [0.4, 0.5) is 0 Å². The van der Waals surface area contributed by atoms with E-state index in [0.29, 0.717) is 10.6 Å². The Morgan fingerprint density at radius 2 is 1.88 bits per heavy atom. The summed E-state index contributed by atoms with van der Waals surface area (Å²) < 4.78 is 30.1. The minimum atomic E-state index is -3.69. The van der Waals surface area contributed by atoms with E-state index in [9.17, 15) is 8.42 Å². The number of aromatic nitrogens is 2. The molecule has 1 unspecified atom stereocenters. The summed E-state index contributed by atoms with van der Waals surface area (Å²) in [5.74, 6) is 0. The zero-order valence-electron chi connectivity index (χ0n) is 14.8. The van der Waals surface area contributed by atoms with Crippen LogP contribution in [-0.2, 0) is 17.1 Å². The van der Waals surface area contributed by atoms with Crippen molar-refractivity contribution in [3.63, 3.8) is 0 Å². The summed E-state index contributed by atoms with van der Waals surface area (Å²) in [6.07, 6.45) is 1.73. The summed E-state index contributed by atoms with van der Waals surface area (Å²) in [5, 5.41) is 4.61. The Kier molecular flexibility index (Phi) is 5.18. The number of rotatable bonds is 5. The lowest BCUT2D eigenvalue weighted by Crippen LogP contribution is -2.27. The third-order valence-corrected chi connectivity index (χ3v) is 6.44. The largest absolute Gasteiger partial charge is 0.268 e. The molecule has 0 bridgehead atoms. The van der Waals surface area contributed by atoms with Crippen LogP contribution in [-0.4, -0.2) is 18.2 Å². The van der Waals surface area contributed by atoms with Gasteiger partial charge in [0, 0.05) is 29.9 Å². The first kappa shape index (κ1) is 18.6. The van der Waals surface area contributed by atoms with Crippen LogP contribution >= 0.6 is 11.6 Å². The molecule has 0 spiro atoms. The van der Waals surface area contributed by atoms with E-state index in [-0.39, 0.29) is 4.90 Å². The standard InChI is InChI=1S/C19H20ClN3O2S/c1-13-17(20)8-5-9-19(13)26(24,25)22-14(2)15-6-4-7-16(12-15)18-10-11-21-23(18)3/h4-12,14,22H,1-3H3. The number of aryl methyl sites for hydroxylation is 1. The zero-order valence-corrected chi connectivity index (χ0v) is 16.3. The summed E-state index contributed by atoms with van der Waals surface area (Å²) in [5.41, 5.74) is 3.35. The topological polar surface area (TPSA) is 64.0 Å². The molecule has 1 heterocycles. The van der Waals surface area contributed by atoms with Crippen LogP contribution in [0.3, 0.4) is 0 Å². The first-order valence-corrected chi connectivity index (χ1v) is 10.0. The van der Waals surface area contributed by atoms with Crippen molar-refractivity contribution in [3.8, 4) is 11.3 Å². The fourth-order valence-corrected chi connectivity index (χ4v) is 4.60. The molecule has 3 rings (SSSR count). The molecule has 7 heteroatoms. The van der Waals surface area contributed by atoms with Gasteiger partial charge in [-0.05, 0) is 49.2 Å². The molecule has 0 radical (unpaired) electrons. The predicted octanol–water partition coefficient (Wildman–Crippen LogP) is 4.09. The Labute approximate surface area is 158 Å². The molecule has 0 aliphatic rings. The molecule has 1 atom stereocenters. The van der Waals surface area contributed by atoms with Crippen molar-refractivity contribution in [1.82, 2.24) is 14.5 Å². The maximum absolute atomic E-state index is 12.8. The summed E-state index contributed by atoms with van der Waals surface area (Å²) in [6.45, 7) is 3.52. The highest BCUT2D eigenvalue weighted by molar-refractivity contribution is 7.89. The summed E-state index contributed by atoms with van der Waals surface area (Å²) in [6, 6.07) is 14.1. The number of hydrogen-bond acceptors (Lipinski definition) is 3. The van der Waals surface area contributed by atoms with E-state index in [0.717, 1.165) is 16.8 Å². The van der Waals surface area contributed by atoms with Gasteiger partial charge in [0.2, 0.25) is 10.0 Å². The van der Waals surface area contributed by atoms with Gasteiger partial charge in [-0.25, -0.2) is 13.1 Å². The molecule has 0 saturated carbocycles. The van der Waals surface area contributed by atoms with E-state index < -0.39 is 16.1 Å². The maximum atomic E-state index is 12.8. The van der Waals surface area contributed by atoms with Crippen LogP contribution in [0, 0.1) is 6.92 Å². The molecule has 3 aromatic rings.